The molecule has 2 aliphatic rings. The van der Waals surface area contributed by atoms with E-state index in [1.165, 1.54) is 263 Å². The maximum atomic E-state index is 13.4. The summed E-state index contributed by atoms with van der Waals surface area (Å²) in [6, 6.07) is -0.914. The molecule has 0 aliphatic carbocycles. The number of unbranched alkanes of at least 4 members (excludes halogenated alkanes) is 45. The fourth-order valence-corrected chi connectivity index (χ4v) is 12.4. The van der Waals surface area contributed by atoms with Crippen molar-refractivity contribution in [2.45, 2.75) is 408 Å². The molecule has 0 spiro atoms. The molecule has 2 heterocycles. The lowest BCUT2D eigenvalue weighted by Crippen LogP contribution is -2.65. The lowest BCUT2D eigenvalue weighted by atomic mass is 9.97. The number of allylic oxidation sites excluding steroid dienone is 5. The van der Waals surface area contributed by atoms with E-state index >= 15 is 0 Å². The molecule has 12 atom stereocenters. The van der Waals surface area contributed by atoms with Crippen molar-refractivity contribution in [3.8, 4) is 0 Å². The molecule has 88 heavy (non-hydrogen) atoms. The Balaban J connectivity index is 1.64. The van der Waals surface area contributed by atoms with E-state index in [2.05, 4.69) is 43.5 Å². The van der Waals surface area contributed by atoms with Gasteiger partial charge in [0.05, 0.1) is 32.0 Å². The van der Waals surface area contributed by atoms with Crippen molar-refractivity contribution in [2.75, 3.05) is 19.8 Å². The van der Waals surface area contributed by atoms with E-state index in [1.54, 1.807) is 6.08 Å². The summed E-state index contributed by atoms with van der Waals surface area (Å²) in [5.41, 5.74) is 0. The number of hydrogen-bond donors (Lipinski definition) is 9. The van der Waals surface area contributed by atoms with Crippen LogP contribution in [0.1, 0.15) is 335 Å². The third kappa shape index (κ3) is 42.4. The average molecular weight is 1250 g/mol. The van der Waals surface area contributed by atoms with Crippen LogP contribution in [0.2, 0.25) is 0 Å². The minimum Gasteiger partial charge on any atom is -0.394 e. The van der Waals surface area contributed by atoms with Crippen LogP contribution in [0.3, 0.4) is 0 Å². The molecule has 0 aromatic carbocycles. The van der Waals surface area contributed by atoms with Gasteiger partial charge in [0.1, 0.15) is 48.8 Å². The molecule has 2 aliphatic heterocycles. The van der Waals surface area contributed by atoms with Crippen molar-refractivity contribution in [3.63, 3.8) is 0 Å². The Hall–Kier alpha value is -1.79. The molecule has 0 radical (unpaired) electrons. The first-order valence-electron chi connectivity index (χ1n) is 37.2. The maximum absolute atomic E-state index is 13.4. The molecule has 0 saturated carbocycles. The second kappa shape index (κ2) is 59.0. The second-order valence-electron chi connectivity index (χ2n) is 26.4. The van der Waals surface area contributed by atoms with Crippen LogP contribution in [0.5, 0.6) is 0 Å². The Labute approximate surface area is 538 Å². The van der Waals surface area contributed by atoms with Gasteiger partial charge in [-0.1, -0.05) is 314 Å². The lowest BCUT2D eigenvalue weighted by Gasteiger charge is -2.46. The summed E-state index contributed by atoms with van der Waals surface area (Å²) in [5, 5.41) is 87.5. The summed E-state index contributed by atoms with van der Waals surface area (Å²) < 4.78 is 22.9. The number of aliphatic hydroxyl groups is 8. The van der Waals surface area contributed by atoms with Crippen LogP contribution < -0.4 is 5.32 Å². The Morgan fingerprint density at radius 1 is 0.409 bits per heavy atom. The van der Waals surface area contributed by atoms with Crippen LogP contribution >= 0.6 is 0 Å². The molecule has 12 unspecified atom stereocenters. The highest BCUT2D eigenvalue weighted by Gasteiger charge is 2.51. The van der Waals surface area contributed by atoms with Gasteiger partial charge in [0.2, 0.25) is 5.91 Å². The average Bonchev–Trinajstić information content (AvgIpc) is 3.10. The summed E-state index contributed by atoms with van der Waals surface area (Å²) in [7, 11) is 0. The number of rotatable bonds is 62. The smallest absolute Gasteiger partial charge is 0.220 e. The lowest BCUT2D eigenvalue weighted by molar-refractivity contribution is -0.359. The summed E-state index contributed by atoms with van der Waals surface area (Å²) in [6.45, 7) is 2.84. The topological polar surface area (TPSA) is 228 Å². The SMILES string of the molecule is CCCCCCC/C=C\C/C=C\CCCCCCCCCCCCCCCCCCCCCC(=O)NC(COC1OC(CO)C(OC2OC(CO)C(O)C(O)C2O)C(O)C1O)C(O)/C=C/CCCCCCCCCCCCCCCCCCCCCCC. The highest BCUT2D eigenvalue weighted by Crippen LogP contribution is 2.30. The van der Waals surface area contributed by atoms with Crippen LogP contribution in [0, 0.1) is 0 Å². The predicted molar refractivity (Wildman–Crippen MR) is 360 cm³/mol. The van der Waals surface area contributed by atoms with E-state index in [4.69, 9.17) is 18.9 Å². The Bertz CT molecular complexity index is 1620. The Morgan fingerprint density at radius 3 is 1.14 bits per heavy atom. The molecule has 2 rings (SSSR count). The van der Waals surface area contributed by atoms with Gasteiger partial charge in [-0.15, -0.1) is 0 Å². The van der Waals surface area contributed by atoms with Gasteiger partial charge >= 0.3 is 0 Å². The minimum absolute atomic E-state index is 0.233. The summed E-state index contributed by atoms with van der Waals surface area (Å²) in [6.07, 6.45) is 59.2. The highest BCUT2D eigenvalue weighted by atomic mass is 16.7. The van der Waals surface area contributed by atoms with Crippen molar-refractivity contribution >= 4 is 5.91 Å². The van der Waals surface area contributed by atoms with Crippen molar-refractivity contribution < 1.29 is 64.6 Å². The number of carbonyl (C=O) groups excluding carboxylic acids is 1. The fourth-order valence-electron chi connectivity index (χ4n) is 12.4. The zero-order chi connectivity index (χ0) is 63.8. The molecule has 14 nitrogen and oxygen atoms in total. The third-order valence-corrected chi connectivity index (χ3v) is 18.3. The van der Waals surface area contributed by atoms with Gasteiger partial charge in [-0.2, -0.15) is 0 Å². The van der Waals surface area contributed by atoms with Crippen molar-refractivity contribution in [2.24, 2.45) is 0 Å². The van der Waals surface area contributed by atoms with Crippen LogP contribution in [0.4, 0.5) is 0 Å². The molecule has 14 heteroatoms. The number of aliphatic hydroxyl groups excluding tert-OH is 8. The van der Waals surface area contributed by atoms with Gasteiger partial charge < -0.3 is 65.1 Å². The van der Waals surface area contributed by atoms with Crippen LogP contribution in [0.25, 0.3) is 0 Å². The minimum atomic E-state index is -1.79. The van der Waals surface area contributed by atoms with Gasteiger partial charge in [0, 0.05) is 6.42 Å². The van der Waals surface area contributed by atoms with Gasteiger partial charge in [0.25, 0.3) is 0 Å². The maximum Gasteiger partial charge on any atom is 0.220 e. The van der Waals surface area contributed by atoms with Gasteiger partial charge in [-0.05, 0) is 51.4 Å². The molecule has 9 N–H and O–H groups in total. The summed E-state index contributed by atoms with van der Waals surface area (Å²) in [4.78, 5) is 13.4. The molecular formula is C74H139NO13. The van der Waals surface area contributed by atoms with E-state index in [0.717, 1.165) is 44.9 Å². The third-order valence-electron chi connectivity index (χ3n) is 18.3. The van der Waals surface area contributed by atoms with E-state index in [-0.39, 0.29) is 18.9 Å². The van der Waals surface area contributed by atoms with Crippen molar-refractivity contribution in [3.05, 3.63) is 36.5 Å². The van der Waals surface area contributed by atoms with E-state index in [9.17, 15) is 45.6 Å². The zero-order valence-electron chi connectivity index (χ0n) is 56.5. The monoisotopic (exact) mass is 1250 g/mol. The first-order valence-corrected chi connectivity index (χ1v) is 37.2. The summed E-state index contributed by atoms with van der Waals surface area (Å²) >= 11 is 0. The van der Waals surface area contributed by atoms with E-state index in [1.807, 2.05) is 6.08 Å². The fraction of sp³-hybridized carbons (Fsp3) is 0.905. The number of amides is 1. The molecule has 2 saturated heterocycles. The Kier molecular flexibility index (Phi) is 55.2. The quantitative estimate of drug-likeness (QED) is 0.0204. The molecular weight excluding hydrogens is 1110 g/mol. The standard InChI is InChI=1S/C74H139NO13/c1-3-5-7-9-11-13-15-17-19-21-23-25-27-28-29-30-31-32-33-34-36-38-40-42-44-46-48-50-52-54-56-58-66(79)75-62(61-85-73-71(84)69(82)72(65(60-77)87-73)88-74-70(83)68(81)67(80)64(59-76)86-74)63(78)57-55-53-51-49-47-45-43-41-39-37-35-26-24-22-20-18-16-14-12-10-8-6-4-2/h15,17,21,23,55,57,62-65,67-74,76-78,80-84H,3-14,16,18-20,22,24-54,56,58-61H2,1-2H3,(H,75,79)/b17-15-,23-21-,57-55+. The van der Waals surface area contributed by atoms with Crippen LogP contribution in [0.15, 0.2) is 36.5 Å². The normalized spacial score (nSPS) is 23.3. The van der Waals surface area contributed by atoms with E-state index < -0.39 is 86.8 Å². The number of ether oxygens (including phenoxy) is 4. The molecule has 0 aromatic heterocycles. The number of nitrogens with one attached hydrogen (secondary N) is 1. The van der Waals surface area contributed by atoms with Crippen molar-refractivity contribution in [1.29, 1.82) is 0 Å². The number of carbonyl (C=O) groups is 1. The Morgan fingerprint density at radius 2 is 0.750 bits per heavy atom. The molecule has 0 aromatic rings. The predicted octanol–water partition coefficient (Wildman–Crippen LogP) is 15.7. The number of hydrogen-bond acceptors (Lipinski definition) is 13. The first-order chi connectivity index (χ1) is 43.1. The highest BCUT2D eigenvalue weighted by molar-refractivity contribution is 5.76. The molecule has 2 fully saturated rings. The van der Waals surface area contributed by atoms with Crippen LogP contribution in [-0.4, -0.2) is 140 Å². The molecule has 0 bridgehead atoms. The first kappa shape index (κ1) is 82.3. The molecule has 1 amide bonds. The zero-order valence-corrected chi connectivity index (χ0v) is 56.5. The van der Waals surface area contributed by atoms with Gasteiger partial charge in [0.15, 0.2) is 12.6 Å². The second-order valence-corrected chi connectivity index (χ2v) is 26.4. The largest absolute Gasteiger partial charge is 0.394 e. The summed E-state index contributed by atoms with van der Waals surface area (Å²) in [5.74, 6) is -0.233. The van der Waals surface area contributed by atoms with E-state index in [0.29, 0.717) is 6.42 Å². The van der Waals surface area contributed by atoms with Crippen molar-refractivity contribution in [1.82, 2.24) is 5.32 Å². The van der Waals surface area contributed by atoms with Crippen LogP contribution in [-0.2, 0) is 23.7 Å². The van der Waals surface area contributed by atoms with Gasteiger partial charge in [-0.3, -0.25) is 4.79 Å². The van der Waals surface area contributed by atoms with Gasteiger partial charge in [-0.25, -0.2) is 0 Å². The molecule has 518 valence electrons.